The average Bonchev–Trinajstić information content (AvgIpc) is 2.71. The Hall–Kier alpha value is -2.16. The van der Waals surface area contributed by atoms with Gasteiger partial charge in [0.05, 0.1) is 5.52 Å². The summed E-state index contributed by atoms with van der Waals surface area (Å²) in [6.07, 6.45) is 5.17. The van der Waals surface area contributed by atoms with Crippen LogP contribution in [0.4, 0.5) is 0 Å². The first-order valence-corrected chi connectivity index (χ1v) is 5.66. The lowest BCUT2D eigenvalue weighted by atomic mass is 10.2. The number of pyridine rings is 1. The van der Waals surface area contributed by atoms with Crippen LogP contribution in [-0.4, -0.2) is 15.8 Å². The van der Waals surface area contributed by atoms with E-state index in [-0.39, 0.29) is 0 Å². The lowest BCUT2D eigenvalue weighted by molar-refractivity contribution is -0.108. The number of benzene rings is 1. The molecule has 0 aliphatic heterocycles. The number of carbonyl (C=O) groups is 1. The van der Waals surface area contributed by atoms with Crippen LogP contribution in [0.1, 0.15) is 6.42 Å². The topological polar surface area (TPSA) is 34.9 Å². The van der Waals surface area contributed by atoms with Gasteiger partial charge in [0.2, 0.25) is 0 Å². The molecule has 0 radical (unpaired) electrons. The Bertz CT molecular complexity index is 632. The van der Waals surface area contributed by atoms with Gasteiger partial charge in [-0.3, -0.25) is 4.98 Å². The minimum absolute atomic E-state index is 0.538. The fourth-order valence-electron chi connectivity index (χ4n) is 2.32. The average molecular weight is 224 g/mol. The smallest absolute Gasteiger partial charge is 0.121 e. The zero-order valence-electron chi connectivity index (χ0n) is 9.34. The summed E-state index contributed by atoms with van der Waals surface area (Å²) >= 11 is 0. The number of aldehydes is 1. The number of para-hydroxylation sites is 1. The molecule has 2 heterocycles. The SMILES string of the molecule is O=CCCn1c2ccccc2c2cnccc21. The molecule has 0 aliphatic rings. The van der Waals surface area contributed by atoms with Crippen LogP contribution >= 0.6 is 0 Å². The summed E-state index contributed by atoms with van der Waals surface area (Å²) in [5.41, 5.74) is 2.31. The molecule has 0 spiro atoms. The van der Waals surface area contributed by atoms with Crippen molar-refractivity contribution >= 4 is 28.1 Å². The monoisotopic (exact) mass is 224 g/mol. The van der Waals surface area contributed by atoms with Crippen LogP contribution in [0.2, 0.25) is 0 Å². The highest BCUT2D eigenvalue weighted by Gasteiger charge is 2.08. The maximum absolute atomic E-state index is 10.5. The number of hydrogen-bond acceptors (Lipinski definition) is 2. The molecular weight excluding hydrogens is 212 g/mol. The Balaban J connectivity index is 2.37. The molecule has 0 aliphatic carbocycles. The van der Waals surface area contributed by atoms with E-state index in [2.05, 4.69) is 21.7 Å². The van der Waals surface area contributed by atoms with Crippen molar-refractivity contribution in [1.82, 2.24) is 9.55 Å². The molecule has 3 rings (SSSR count). The zero-order valence-corrected chi connectivity index (χ0v) is 9.34. The molecule has 84 valence electrons. The fourth-order valence-corrected chi connectivity index (χ4v) is 2.32. The Morgan fingerprint density at radius 1 is 1.12 bits per heavy atom. The second kappa shape index (κ2) is 4.01. The van der Waals surface area contributed by atoms with Gasteiger partial charge in [0.15, 0.2) is 0 Å². The van der Waals surface area contributed by atoms with Crippen molar-refractivity contribution in [2.45, 2.75) is 13.0 Å². The molecule has 3 heteroatoms. The van der Waals surface area contributed by atoms with E-state index in [1.54, 1.807) is 6.20 Å². The van der Waals surface area contributed by atoms with E-state index < -0.39 is 0 Å². The molecular formula is C14H12N2O. The lowest BCUT2D eigenvalue weighted by Gasteiger charge is -2.03. The van der Waals surface area contributed by atoms with Gasteiger partial charge in [0.1, 0.15) is 6.29 Å². The summed E-state index contributed by atoms with van der Waals surface area (Å²) in [7, 11) is 0. The summed E-state index contributed by atoms with van der Waals surface area (Å²) in [5.74, 6) is 0. The van der Waals surface area contributed by atoms with Gasteiger partial charge in [-0.15, -0.1) is 0 Å². The van der Waals surface area contributed by atoms with Crippen LogP contribution in [0, 0.1) is 0 Å². The van der Waals surface area contributed by atoms with E-state index in [1.165, 1.54) is 5.39 Å². The van der Waals surface area contributed by atoms with Crippen molar-refractivity contribution in [3.05, 3.63) is 42.7 Å². The van der Waals surface area contributed by atoms with Crippen LogP contribution in [-0.2, 0) is 11.3 Å². The van der Waals surface area contributed by atoms with Crippen LogP contribution in [0.5, 0.6) is 0 Å². The van der Waals surface area contributed by atoms with Crippen molar-refractivity contribution < 1.29 is 4.79 Å². The van der Waals surface area contributed by atoms with E-state index in [0.717, 1.165) is 29.3 Å². The van der Waals surface area contributed by atoms with Gasteiger partial charge in [-0.2, -0.15) is 0 Å². The summed E-state index contributed by atoms with van der Waals surface area (Å²) in [4.78, 5) is 14.7. The third kappa shape index (κ3) is 1.51. The van der Waals surface area contributed by atoms with Crippen LogP contribution in [0.15, 0.2) is 42.7 Å². The Kier molecular flexibility index (Phi) is 2.37. The van der Waals surface area contributed by atoms with Crippen LogP contribution < -0.4 is 0 Å². The predicted octanol–water partition coefficient (Wildman–Crippen LogP) is 2.78. The number of nitrogens with zero attached hydrogens (tertiary/aromatic N) is 2. The minimum Gasteiger partial charge on any atom is -0.340 e. The Labute approximate surface area is 98.7 Å². The van der Waals surface area contributed by atoms with Crippen LogP contribution in [0.3, 0.4) is 0 Å². The first-order chi connectivity index (χ1) is 8.42. The summed E-state index contributed by atoms with van der Waals surface area (Å²) in [6, 6.07) is 10.2. The molecule has 1 aromatic carbocycles. The van der Waals surface area contributed by atoms with E-state index in [9.17, 15) is 4.79 Å². The molecule has 17 heavy (non-hydrogen) atoms. The molecule has 3 aromatic rings. The molecule has 0 amide bonds. The zero-order chi connectivity index (χ0) is 11.7. The van der Waals surface area contributed by atoms with Crippen molar-refractivity contribution in [3.8, 4) is 0 Å². The number of aromatic nitrogens is 2. The highest BCUT2D eigenvalue weighted by atomic mass is 16.1. The predicted molar refractivity (Wildman–Crippen MR) is 67.9 cm³/mol. The lowest BCUT2D eigenvalue weighted by Crippen LogP contribution is -1.97. The first-order valence-electron chi connectivity index (χ1n) is 5.66. The standard InChI is InChI=1S/C14H12N2O/c17-9-3-8-16-13-5-2-1-4-11(13)12-10-15-7-6-14(12)16/h1-2,4-7,9-10H,3,8H2. The molecule has 0 saturated heterocycles. The quantitative estimate of drug-likeness (QED) is 0.641. The van der Waals surface area contributed by atoms with Gasteiger partial charge < -0.3 is 9.36 Å². The van der Waals surface area contributed by atoms with E-state index in [4.69, 9.17) is 0 Å². The van der Waals surface area contributed by atoms with Crippen molar-refractivity contribution in [1.29, 1.82) is 0 Å². The highest BCUT2D eigenvalue weighted by molar-refractivity contribution is 6.07. The van der Waals surface area contributed by atoms with Gasteiger partial charge in [-0.05, 0) is 12.1 Å². The van der Waals surface area contributed by atoms with E-state index in [0.29, 0.717) is 6.42 Å². The van der Waals surface area contributed by atoms with Crippen LogP contribution in [0.25, 0.3) is 21.8 Å². The second-order valence-corrected chi connectivity index (χ2v) is 4.02. The molecule has 0 fully saturated rings. The van der Waals surface area contributed by atoms with Gasteiger partial charge in [0, 0.05) is 41.6 Å². The molecule has 3 nitrogen and oxygen atoms in total. The van der Waals surface area contributed by atoms with E-state index in [1.807, 2.05) is 24.4 Å². The Morgan fingerprint density at radius 3 is 2.82 bits per heavy atom. The van der Waals surface area contributed by atoms with E-state index >= 15 is 0 Å². The first kappa shape index (κ1) is 10.0. The van der Waals surface area contributed by atoms with Gasteiger partial charge in [0.25, 0.3) is 0 Å². The summed E-state index contributed by atoms with van der Waals surface area (Å²) in [6.45, 7) is 0.720. The number of hydrogen-bond donors (Lipinski definition) is 0. The molecule has 0 N–H and O–H groups in total. The number of carbonyl (C=O) groups excluding carboxylic acids is 1. The second-order valence-electron chi connectivity index (χ2n) is 4.02. The van der Waals surface area contributed by atoms with Gasteiger partial charge >= 0.3 is 0 Å². The third-order valence-corrected chi connectivity index (χ3v) is 3.04. The van der Waals surface area contributed by atoms with Crippen molar-refractivity contribution in [2.24, 2.45) is 0 Å². The number of aryl methyl sites for hydroxylation is 1. The third-order valence-electron chi connectivity index (χ3n) is 3.04. The maximum Gasteiger partial charge on any atom is 0.121 e. The maximum atomic E-state index is 10.5. The largest absolute Gasteiger partial charge is 0.340 e. The molecule has 0 saturated carbocycles. The number of fused-ring (bicyclic) bond motifs is 3. The van der Waals surface area contributed by atoms with Crippen molar-refractivity contribution in [3.63, 3.8) is 0 Å². The van der Waals surface area contributed by atoms with Gasteiger partial charge in [-0.1, -0.05) is 18.2 Å². The number of rotatable bonds is 3. The molecule has 2 aromatic heterocycles. The summed E-state index contributed by atoms with van der Waals surface area (Å²) < 4.78 is 2.18. The summed E-state index contributed by atoms with van der Waals surface area (Å²) in [5, 5.41) is 2.34. The molecule has 0 unspecified atom stereocenters. The normalized spacial score (nSPS) is 11.1. The highest BCUT2D eigenvalue weighted by Crippen LogP contribution is 2.27. The fraction of sp³-hybridized carbons (Fsp3) is 0.143. The van der Waals surface area contributed by atoms with Gasteiger partial charge in [-0.25, -0.2) is 0 Å². The minimum atomic E-state index is 0.538. The molecule has 0 atom stereocenters. The Morgan fingerprint density at radius 2 is 1.94 bits per heavy atom. The molecule has 0 bridgehead atoms. The van der Waals surface area contributed by atoms with Crippen molar-refractivity contribution in [2.75, 3.05) is 0 Å².